The monoisotopic (exact) mass is 392 g/mol. The largest absolute Gasteiger partial charge is 0.495 e. The molecule has 136 valence electrons. The van der Waals surface area contributed by atoms with Crippen LogP contribution in [0.15, 0.2) is 47.4 Å². The van der Waals surface area contributed by atoms with Gasteiger partial charge in [-0.3, -0.25) is 4.79 Å². The quantitative estimate of drug-likeness (QED) is 0.789. The molecule has 0 aliphatic carbocycles. The lowest BCUT2D eigenvalue weighted by atomic mass is 10.2. The maximum Gasteiger partial charge on any atom is 0.323 e. The maximum atomic E-state index is 12.6. The summed E-state index contributed by atoms with van der Waals surface area (Å²) in [5.74, 6) is 4.38. The van der Waals surface area contributed by atoms with E-state index in [1.165, 1.54) is 19.2 Å². The minimum absolute atomic E-state index is 0.0439. The first-order chi connectivity index (χ1) is 12.3. The van der Waals surface area contributed by atoms with E-state index in [0.29, 0.717) is 16.3 Å². The van der Waals surface area contributed by atoms with E-state index in [0.717, 1.165) is 5.56 Å². The molecule has 2 aromatic rings. The Bertz CT molecular complexity index is 969. The molecule has 0 radical (unpaired) electrons. The van der Waals surface area contributed by atoms with Crippen LogP contribution in [0.3, 0.4) is 0 Å². The van der Waals surface area contributed by atoms with E-state index in [2.05, 4.69) is 11.8 Å². The van der Waals surface area contributed by atoms with Crippen molar-refractivity contribution in [2.45, 2.75) is 23.5 Å². The summed E-state index contributed by atoms with van der Waals surface area (Å²) in [7, 11) is -2.59. The smallest absolute Gasteiger partial charge is 0.323 e. The Morgan fingerprint density at radius 2 is 1.88 bits per heavy atom. The summed E-state index contributed by atoms with van der Waals surface area (Å²) in [5.41, 5.74) is 1.33. The molecule has 0 saturated heterocycles. The number of aliphatic carboxylic acids is 1. The van der Waals surface area contributed by atoms with Gasteiger partial charge in [0.2, 0.25) is 0 Å². The molecule has 0 aliphatic heterocycles. The molecule has 7 heteroatoms. The highest BCUT2D eigenvalue weighted by Crippen LogP contribution is 2.22. The number of carboxylic acid groups (broad SMARTS) is 1. The van der Waals surface area contributed by atoms with Crippen molar-refractivity contribution in [1.82, 2.24) is 0 Å². The Hall–Kier alpha value is -2.49. The standard InChI is InChI=1S/C19H17ClO5S/c1-13-6-9-16(10-7-13)26(23,24)18(19(21)22)5-3-4-14-12-15(20)8-11-17(14)25-2/h6-12,18H,5H2,1-2H3,(H,21,22). The minimum atomic E-state index is -4.05. The second kappa shape index (κ2) is 8.26. The average molecular weight is 393 g/mol. The first-order valence-corrected chi connectivity index (χ1v) is 9.54. The molecule has 5 nitrogen and oxygen atoms in total. The topological polar surface area (TPSA) is 80.7 Å². The lowest BCUT2D eigenvalue weighted by molar-refractivity contribution is -0.136. The fourth-order valence-electron chi connectivity index (χ4n) is 2.24. The lowest BCUT2D eigenvalue weighted by Gasteiger charge is -2.11. The zero-order chi connectivity index (χ0) is 19.3. The zero-order valence-electron chi connectivity index (χ0n) is 14.2. The van der Waals surface area contributed by atoms with Crippen LogP contribution in [0.2, 0.25) is 5.02 Å². The number of aryl methyl sites for hydroxylation is 1. The third kappa shape index (κ3) is 4.57. The molecule has 0 heterocycles. The van der Waals surface area contributed by atoms with E-state index < -0.39 is 21.1 Å². The van der Waals surface area contributed by atoms with Gasteiger partial charge in [0, 0.05) is 11.4 Å². The average Bonchev–Trinajstić information content (AvgIpc) is 2.58. The van der Waals surface area contributed by atoms with Crippen LogP contribution in [0.1, 0.15) is 17.5 Å². The molecule has 0 amide bonds. The van der Waals surface area contributed by atoms with Gasteiger partial charge in [-0.05, 0) is 37.3 Å². The molecule has 0 aromatic heterocycles. The molecule has 1 N–H and O–H groups in total. The van der Waals surface area contributed by atoms with Crippen molar-refractivity contribution in [1.29, 1.82) is 0 Å². The molecule has 0 aliphatic rings. The maximum absolute atomic E-state index is 12.6. The van der Waals surface area contributed by atoms with Gasteiger partial charge in [-0.15, -0.1) is 0 Å². The Kier molecular flexibility index (Phi) is 6.30. The van der Waals surface area contributed by atoms with Crippen LogP contribution in [0.4, 0.5) is 0 Å². The summed E-state index contributed by atoms with van der Waals surface area (Å²) < 4.78 is 30.4. The number of carboxylic acids is 1. The van der Waals surface area contributed by atoms with Gasteiger partial charge in [-0.2, -0.15) is 0 Å². The van der Waals surface area contributed by atoms with Gasteiger partial charge in [-0.25, -0.2) is 8.42 Å². The third-order valence-electron chi connectivity index (χ3n) is 3.67. The van der Waals surface area contributed by atoms with E-state index in [-0.39, 0.29) is 11.3 Å². The zero-order valence-corrected chi connectivity index (χ0v) is 15.8. The number of sulfone groups is 1. The van der Waals surface area contributed by atoms with Crippen molar-refractivity contribution in [3.63, 3.8) is 0 Å². The number of hydrogen-bond acceptors (Lipinski definition) is 4. The van der Waals surface area contributed by atoms with Crippen LogP contribution in [-0.4, -0.2) is 31.9 Å². The van der Waals surface area contributed by atoms with Crippen molar-refractivity contribution in [3.05, 3.63) is 58.6 Å². The van der Waals surface area contributed by atoms with E-state index in [4.69, 9.17) is 16.3 Å². The molecule has 26 heavy (non-hydrogen) atoms. The number of benzene rings is 2. The number of carbonyl (C=O) groups is 1. The van der Waals surface area contributed by atoms with Crippen molar-refractivity contribution in [2.75, 3.05) is 7.11 Å². The summed E-state index contributed by atoms with van der Waals surface area (Å²) in [6.07, 6.45) is -0.360. The normalized spacial score (nSPS) is 12.0. The number of hydrogen-bond donors (Lipinski definition) is 1. The van der Waals surface area contributed by atoms with Crippen LogP contribution >= 0.6 is 11.6 Å². The van der Waals surface area contributed by atoms with Gasteiger partial charge in [0.25, 0.3) is 0 Å². The molecule has 0 bridgehead atoms. The highest BCUT2D eigenvalue weighted by Gasteiger charge is 2.33. The SMILES string of the molecule is COc1ccc(Cl)cc1C#CCC(C(=O)O)S(=O)(=O)c1ccc(C)cc1. The first-order valence-electron chi connectivity index (χ1n) is 7.61. The van der Waals surface area contributed by atoms with Gasteiger partial charge in [0.05, 0.1) is 17.6 Å². The molecule has 0 saturated carbocycles. The van der Waals surface area contributed by atoms with E-state index in [9.17, 15) is 18.3 Å². The highest BCUT2D eigenvalue weighted by atomic mass is 35.5. The molecule has 2 rings (SSSR count). The summed E-state index contributed by atoms with van der Waals surface area (Å²) >= 11 is 5.92. The minimum Gasteiger partial charge on any atom is -0.495 e. The second-order valence-corrected chi connectivity index (χ2v) is 8.10. The van der Waals surface area contributed by atoms with Crippen LogP contribution in [0.25, 0.3) is 0 Å². The van der Waals surface area contributed by atoms with E-state index in [1.807, 2.05) is 6.92 Å². The predicted molar refractivity (Wildman–Crippen MR) is 99.3 cm³/mol. The molecule has 0 spiro atoms. The summed E-state index contributed by atoms with van der Waals surface area (Å²) in [6, 6.07) is 10.9. The molecule has 0 fully saturated rings. The van der Waals surface area contributed by atoms with Gasteiger partial charge < -0.3 is 9.84 Å². The van der Waals surface area contributed by atoms with Gasteiger partial charge in [-0.1, -0.05) is 41.1 Å². The van der Waals surface area contributed by atoms with Gasteiger partial charge >= 0.3 is 5.97 Å². The molecular formula is C19H17ClO5S. The Balaban J connectivity index is 2.32. The lowest BCUT2D eigenvalue weighted by Crippen LogP contribution is -2.29. The Morgan fingerprint density at radius 3 is 2.46 bits per heavy atom. The van der Waals surface area contributed by atoms with Crippen molar-refractivity contribution in [3.8, 4) is 17.6 Å². The Labute approximate surface area is 157 Å². The molecular weight excluding hydrogens is 376 g/mol. The summed E-state index contributed by atoms with van der Waals surface area (Å²) in [4.78, 5) is 11.5. The van der Waals surface area contributed by atoms with Gasteiger partial charge in [0.1, 0.15) is 5.75 Å². The number of rotatable bonds is 5. The number of methoxy groups -OCH3 is 1. The Morgan fingerprint density at radius 1 is 1.23 bits per heavy atom. The van der Waals surface area contributed by atoms with Crippen molar-refractivity contribution >= 4 is 27.4 Å². The van der Waals surface area contributed by atoms with Crippen LogP contribution in [0, 0.1) is 18.8 Å². The predicted octanol–water partition coefficient (Wildman–Crippen LogP) is 3.33. The van der Waals surface area contributed by atoms with Crippen molar-refractivity contribution in [2.24, 2.45) is 0 Å². The molecule has 2 aromatic carbocycles. The molecule has 1 atom stereocenters. The fourth-order valence-corrected chi connectivity index (χ4v) is 3.82. The summed E-state index contributed by atoms with van der Waals surface area (Å²) in [5, 5.41) is 8.15. The number of ether oxygens (including phenoxy) is 1. The van der Waals surface area contributed by atoms with E-state index in [1.54, 1.807) is 30.3 Å². The van der Waals surface area contributed by atoms with Crippen molar-refractivity contribution < 1.29 is 23.1 Å². The second-order valence-electron chi connectivity index (χ2n) is 5.54. The summed E-state index contributed by atoms with van der Waals surface area (Å²) in [6.45, 7) is 1.81. The first kappa shape index (κ1) is 19.8. The van der Waals surface area contributed by atoms with Crippen LogP contribution < -0.4 is 4.74 Å². The number of halogens is 1. The fraction of sp³-hybridized carbons (Fsp3) is 0.211. The highest BCUT2D eigenvalue weighted by molar-refractivity contribution is 7.92. The van der Waals surface area contributed by atoms with Crippen LogP contribution in [-0.2, 0) is 14.6 Å². The van der Waals surface area contributed by atoms with E-state index >= 15 is 0 Å². The molecule has 1 unspecified atom stereocenters. The van der Waals surface area contributed by atoms with Gasteiger partial charge in [0.15, 0.2) is 15.1 Å². The van der Waals surface area contributed by atoms with Crippen LogP contribution in [0.5, 0.6) is 5.75 Å². The third-order valence-corrected chi connectivity index (χ3v) is 5.95.